The highest BCUT2D eigenvalue weighted by atomic mass is 35.5. The monoisotopic (exact) mass is 432 g/mol. The topological polar surface area (TPSA) is 75.7 Å². The van der Waals surface area contributed by atoms with Crippen LogP contribution in [0.3, 0.4) is 0 Å². The van der Waals surface area contributed by atoms with Gasteiger partial charge in [0.1, 0.15) is 5.75 Å². The minimum Gasteiger partial charge on any atom is -0.493 e. The average molecular weight is 433 g/mol. The molecule has 6 nitrogen and oxygen atoms in total. The molecule has 0 saturated heterocycles. The molecule has 2 aliphatic heterocycles. The number of fused-ring (bicyclic) bond motifs is 2. The maximum Gasteiger partial charge on any atom is 0.266 e. The number of ether oxygens (including phenoxy) is 1. The Labute approximate surface area is 183 Å². The molecule has 0 spiro atoms. The number of amides is 3. The molecule has 31 heavy (non-hydrogen) atoms. The van der Waals surface area contributed by atoms with Crippen molar-refractivity contribution in [2.45, 2.75) is 12.5 Å². The van der Waals surface area contributed by atoms with E-state index in [0.29, 0.717) is 29.3 Å². The average Bonchev–Trinajstić information content (AvgIpc) is 3.04. The zero-order chi connectivity index (χ0) is 21.5. The lowest BCUT2D eigenvalue weighted by Gasteiger charge is -2.26. The van der Waals surface area contributed by atoms with Crippen LogP contribution in [-0.4, -0.2) is 24.3 Å². The van der Waals surface area contributed by atoms with Crippen molar-refractivity contribution in [2.24, 2.45) is 0 Å². The van der Waals surface area contributed by atoms with Crippen LogP contribution in [0.25, 0.3) is 0 Å². The first-order chi connectivity index (χ1) is 15.0. The molecule has 0 radical (unpaired) electrons. The number of nitrogens with one attached hydrogen (secondary N) is 1. The lowest BCUT2D eigenvalue weighted by molar-refractivity contribution is 0.0916. The van der Waals surface area contributed by atoms with Crippen molar-refractivity contribution >= 4 is 35.0 Å². The Kier molecular flexibility index (Phi) is 4.71. The Bertz CT molecular complexity index is 1240. The highest BCUT2D eigenvalue weighted by Gasteiger charge is 2.38. The van der Waals surface area contributed by atoms with Gasteiger partial charge in [-0.25, -0.2) is 4.90 Å². The van der Waals surface area contributed by atoms with Crippen molar-refractivity contribution in [2.75, 3.05) is 11.5 Å². The summed E-state index contributed by atoms with van der Waals surface area (Å²) in [6.07, 6.45) is 0.644. The van der Waals surface area contributed by atoms with Gasteiger partial charge in [-0.1, -0.05) is 41.9 Å². The van der Waals surface area contributed by atoms with Crippen LogP contribution in [0.2, 0.25) is 5.02 Å². The van der Waals surface area contributed by atoms with Crippen LogP contribution in [0, 0.1) is 0 Å². The summed E-state index contributed by atoms with van der Waals surface area (Å²) in [7, 11) is 0. The third-order valence-corrected chi connectivity index (χ3v) is 5.83. The van der Waals surface area contributed by atoms with E-state index in [0.717, 1.165) is 16.2 Å². The van der Waals surface area contributed by atoms with Gasteiger partial charge in [0.2, 0.25) is 0 Å². The van der Waals surface area contributed by atoms with E-state index in [-0.39, 0.29) is 23.1 Å². The fraction of sp³-hybridized carbons (Fsp3) is 0.125. The normalized spacial score (nSPS) is 17.1. The summed E-state index contributed by atoms with van der Waals surface area (Å²) in [6.45, 7) is 0.506. The van der Waals surface area contributed by atoms with E-state index in [1.165, 1.54) is 12.1 Å². The van der Waals surface area contributed by atoms with Crippen molar-refractivity contribution in [3.05, 3.63) is 94.0 Å². The summed E-state index contributed by atoms with van der Waals surface area (Å²) in [5.41, 5.74) is 1.98. The maximum atomic E-state index is 13.0. The molecule has 2 aliphatic rings. The predicted molar refractivity (Wildman–Crippen MR) is 116 cm³/mol. The standard InChI is InChI=1S/C24H17ClN2O4/c25-18-6-2-3-7-20(18)27-23(29)15-10-9-14(13-17(15)24(27)30)22(28)26-19-11-12-31-21-8-4-1-5-16(19)21/h1-10,13,19H,11-12H2,(H,26,28)/t19-/m0/s1. The Morgan fingerprint density at radius 1 is 0.968 bits per heavy atom. The fourth-order valence-corrected chi connectivity index (χ4v) is 4.19. The molecule has 0 bridgehead atoms. The first kappa shape index (κ1) is 19.3. The molecular weight excluding hydrogens is 416 g/mol. The van der Waals surface area contributed by atoms with Crippen molar-refractivity contribution in [3.8, 4) is 5.75 Å². The first-order valence-corrected chi connectivity index (χ1v) is 10.2. The van der Waals surface area contributed by atoms with Gasteiger partial charge in [-0.2, -0.15) is 0 Å². The SMILES string of the molecule is O=C(N[C@H]1CCOc2ccccc21)c1ccc2c(c1)C(=O)N(c1ccccc1Cl)C2=O. The molecule has 1 atom stereocenters. The molecule has 7 heteroatoms. The van der Waals surface area contributed by atoms with Crippen LogP contribution in [0.5, 0.6) is 5.75 Å². The third kappa shape index (κ3) is 3.25. The van der Waals surface area contributed by atoms with E-state index in [4.69, 9.17) is 16.3 Å². The van der Waals surface area contributed by atoms with E-state index in [1.807, 2.05) is 24.3 Å². The lowest BCUT2D eigenvalue weighted by Crippen LogP contribution is -2.32. The molecule has 154 valence electrons. The number of carbonyl (C=O) groups is 3. The number of rotatable bonds is 3. The summed E-state index contributed by atoms with van der Waals surface area (Å²) in [5, 5.41) is 3.31. The molecule has 1 N–H and O–H groups in total. The number of para-hydroxylation sites is 2. The Hall–Kier alpha value is -3.64. The first-order valence-electron chi connectivity index (χ1n) is 9.84. The number of carbonyl (C=O) groups excluding carboxylic acids is 3. The Morgan fingerprint density at radius 2 is 1.71 bits per heavy atom. The van der Waals surface area contributed by atoms with Gasteiger partial charge in [0.05, 0.1) is 34.5 Å². The molecule has 0 aromatic heterocycles. The van der Waals surface area contributed by atoms with Gasteiger partial charge in [-0.3, -0.25) is 14.4 Å². The smallest absolute Gasteiger partial charge is 0.266 e. The number of hydrogen-bond donors (Lipinski definition) is 1. The molecule has 0 aliphatic carbocycles. The predicted octanol–water partition coefficient (Wildman–Crippen LogP) is 4.39. The van der Waals surface area contributed by atoms with Gasteiger partial charge in [0, 0.05) is 17.5 Å². The summed E-state index contributed by atoms with van der Waals surface area (Å²) in [6, 6.07) is 18.6. The molecule has 0 unspecified atom stereocenters. The second-order valence-electron chi connectivity index (χ2n) is 7.36. The van der Waals surface area contributed by atoms with Crippen molar-refractivity contribution < 1.29 is 19.1 Å². The summed E-state index contributed by atoms with van der Waals surface area (Å²) < 4.78 is 5.64. The van der Waals surface area contributed by atoms with Crippen LogP contribution in [0.4, 0.5) is 5.69 Å². The van der Waals surface area contributed by atoms with E-state index in [9.17, 15) is 14.4 Å². The van der Waals surface area contributed by atoms with Gasteiger partial charge in [0.25, 0.3) is 17.7 Å². The number of benzene rings is 3. The number of imide groups is 1. The highest BCUT2D eigenvalue weighted by molar-refractivity contribution is 6.39. The van der Waals surface area contributed by atoms with Gasteiger partial charge in [0.15, 0.2) is 0 Å². The Balaban J connectivity index is 1.42. The van der Waals surface area contributed by atoms with Gasteiger partial charge in [-0.05, 0) is 36.4 Å². The molecular formula is C24H17ClN2O4. The van der Waals surface area contributed by atoms with Gasteiger partial charge in [-0.15, -0.1) is 0 Å². The summed E-state index contributed by atoms with van der Waals surface area (Å²) in [4.78, 5) is 39.8. The van der Waals surface area contributed by atoms with Crippen LogP contribution >= 0.6 is 11.6 Å². The summed E-state index contributed by atoms with van der Waals surface area (Å²) >= 11 is 6.19. The molecule has 0 fully saturated rings. The van der Waals surface area contributed by atoms with Crippen molar-refractivity contribution in [3.63, 3.8) is 0 Å². The molecule has 3 aromatic carbocycles. The third-order valence-electron chi connectivity index (χ3n) is 5.51. The second kappa shape index (κ2) is 7.56. The minimum atomic E-state index is -0.501. The zero-order valence-electron chi connectivity index (χ0n) is 16.3. The van der Waals surface area contributed by atoms with Crippen LogP contribution in [-0.2, 0) is 0 Å². The zero-order valence-corrected chi connectivity index (χ0v) is 17.1. The number of halogens is 1. The van der Waals surface area contributed by atoms with Gasteiger partial charge >= 0.3 is 0 Å². The fourth-order valence-electron chi connectivity index (χ4n) is 3.97. The van der Waals surface area contributed by atoms with Crippen molar-refractivity contribution in [1.29, 1.82) is 0 Å². The molecule has 2 heterocycles. The largest absolute Gasteiger partial charge is 0.493 e. The van der Waals surface area contributed by atoms with Crippen LogP contribution in [0.15, 0.2) is 66.7 Å². The molecule has 3 amide bonds. The molecule has 5 rings (SSSR count). The van der Waals surface area contributed by atoms with E-state index < -0.39 is 11.8 Å². The summed E-state index contributed by atoms with van der Waals surface area (Å²) in [5.74, 6) is -0.525. The highest BCUT2D eigenvalue weighted by Crippen LogP contribution is 2.34. The van der Waals surface area contributed by atoms with E-state index in [2.05, 4.69) is 5.32 Å². The van der Waals surface area contributed by atoms with Gasteiger partial charge < -0.3 is 10.1 Å². The quantitative estimate of drug-likeness (QED) is 0.622. The molecule has 0 saturated carbocycles. The minimum absolute atomic E-state index is 0.185. The molecule has 3 aromatic rings. The number of nitrogens with zero attached hydrogens (tertiary/aromatic N) is 1. The maximum absolute atomic E-state index is 13.0. The van der Waals surface area contributed by atoms with E-state index in [1.54, 1.807) is 30.3 Å². The second-order valence-corrected chi connectivity index (χ2v) is 7.77. The van der Waals surface area contributed by atoms with Crippen LogP contribution in [0.1, 0.15) is 49.1 Å². The number of anilines is 1. The van der Waals surface area contributed by atoms with E-state index >= 15 is 0 Å². The van der Waals surface area contributed by atoms with Crippen LogP contribution < -0.4 is 15.0 Å². The number of hydrogen-bond acceptors (Lipinski definition) is 4. The Morgan fingerprint density at radius 3 is 2.55 bits per heavy atom. The van der Waals surface area contributed by atoms with Crippen molar-refractivity contribution in [1.82, 2.24) is 5.32 Å². The lowest BCUT2D eigenvalue weighted by atomic mass is 9.99.